The number of hydrogen-bond acceptors (Lipinski definition) is 2. The fourth-order valence-electron chi connectivity index (χ4n) is 1.48. The zero-order chi connectivity index (χ0) is 10.6. The van der Waals surface area contributed by atoms with Crippen molar-refractivity contribution in [2.75, 3.05) is 6.54 Å². The van der Waals surface area contributed by atoms with Crippen LogP contribution >= 0.6 is 11.6 Å². The predicted octanol–water partition coefficient (Wildman–Crippen LogP) is 2.36. The van der Waals surface area contributed by atoms with E-state index >= 15 is 0 Å². The Morgan fingerprint density at radius 1 is 1.50 bits per heavy atom. The first-order chi connectivity index (χ1) is 6.69. The third-order valence-electron chi connectivity index (χ3n) is 2.46. The molecule has 0 aromatic heterocycles. The van der Waals surface area contributed by atoms with Crippen molar-refractivity contribution in [1.29, 1.82) is 0 Å². The Morgan fingerprint density at radius 2 is 2.21 bits per heavy atom. The Balaban J connectivity index is 2.82. The number of halogens is 1. The van der Waals surface area contributed by atoms with Gasteiger partial charge in [0.15, 0.2) is 0 Å². The normalized spacial score (nSPS) is 15.1. The second-order valence-corrected chi connectivity index (χ2v) is 3.84. The van der Waals surface area contributed by atoms with Crippen molar-refractivity contribution < 1.29 is 5.11 Å². The molecule has 0 saturated carbocycles. The smallest absolute Gasteiger partial charge is 0.0830 e. The minimum atomic E-state index is -0.510. The lowest BCUT2D eigenvalue weighted by atomic mass is 9.94. The van der Waals surface area contributed by atoms with Crippen LogP contribution < -0.4 is 5.73 Å². The quantitative estimate of drug-likeness (QED) is 0.807. The predicted molar refractivity (Wildman–Crippen MR) is 59.2 cm³/mol. The second-order valence-electron chi connectivity index (χ2n) is 3.40. The summed E-state index contributed by atoms with van der Waals surface area (Å²) in [5.74, 6) is 0.105. The van der Waals surface area contributed by atoms with Gasteiger partial charge in [-0.25, -0.2) is 0 Å². The van der Waals surface area contributed by atoms with Crippen molar-refractivity contribution in [3.63, 3.8) is 0 Å². The molecule has 0 spiro atoms. The molecule has 1 aromatic rings. The van der Waals surface area contributed by atoms with Crippen LogP contribution in [-0.4, -0.2) is 11.7 Å². The molecule has 0 amide bonds. The van der Waals surface area contributed by atoms with E-state index in [0.717, 1.165) is 12.0 Å². The van der Waals surface area contributed by atoms with E-state index in [1.54, 1.807) is 12.1 Å². The summed E-state index contributed by atoms with van der Waals surface area (Å²) in [4.78, 5) is 0. The van der Waals surface area contributed by atoms with Crippen molar-refractivity contribution >= 4 is 11.6 Å². The third-order valence-corrected chi connectivity index (χ3v) is 2.70. The van der Waals surface area contributed by atoms with Gasteiger partial charge in [-0.2, -0.15) is 0 Å². The SMILES string of the molecule is CCC(CN)C(O)c1cccc(Cl)c1. The van der Waals surface area contributed by atoms with Gasteiger partial charge >= 0.3 is 0 Å². The molecule has 1 aromatic carbocycles. The van der Waals surface area contributed by atoms with E-state index in [-0.39, 0.29) is 5.92 Å². The molecular formula is C11H16ClNO. The summed E-state index contributed by atoms with van der Waals surface area (Å²) >= 11 is 5.84. The number of hydrogen-bond donors (Lipinski definition) is 2. The Labute approximate surface area is 89.7 Å². The number of aliphatic hydroxyl groups excluding tert-OH is 1. The van der Waals surface area contributed by atoms with Gasteiger partial charge in [-0.1, -0.05) is 30.7 Å². The summed E-state index contributed by atoms with van der Waals surface area (Å²) in [5.41, 5.74) is 6.41. The second kappa shape index (κ2) is 5.35. The summed E-state index contributed by atoms with van der Waals surface area (Å²) in [6.07, 6.45) is 0.355. The van der Waals surface area contributed by atoms with Crippen LogP contribution in [0.3, 0.4) is 0 Å². The molecule has 78 valence electrons. The van der Waals surface area contributed by atoms with Gasteiger partial charge in [0.05, 0.1) is 6.10 Å². The van der Waals surface area contributed by atoms with Gasteiger partial charge in [0.1, 0.15) is 0 Å². The van der Waals surface area contributed by atoms with Crippen LogP contribution in [0.5, 0.6) is 0 Å². The highest BCUT2D eigenvalue weighted by Gasteiger charge is 2.17. The summed E-state index contributed by atoms with van der Waals surface area (Å²) in [6, 6.07) is 7.28. The molecule has 0 aliphatic heterocycles. The molecule has 3 heteroatoms. The van der Waals surface area contributed by atoms with Crippen LogP contribution in [-0.2, 0) is 0 Å². The summed E-state index contributed by atoms with van der Waals surface area (Å²) in [7, 11) is 0. The first-order valence-corrected chi connectivity index (χ1v) is 5.20. The zero-order valence-corrected chi connectivity index (χ0v) is 9.04. The van der Waals surface area contributed by atoms with Crippen LogP contribution in [0.2, 0.25) is 5.02 Å². The molecule has 14 heavy (non-hydrogen) atoms. The monoisotopic (exact) mass is 213 g/mol. The van der Waals surface area contributed by atoms with Gasteiger partial charge in [0.25, 0.3) is 0 Å². The van der Waals surface area contributed by atoms with E-state index in [2.05, 4.69) is 0 Å². The third kappa shape index (κ3) is 2.71. The maximum absolute atomic E-state index is 9.97. The molecule has 0 bridgehead atoms. The molecule has 2 nitrogen and oxygen atoms in total. The molecular weight excluding hydrogens is 198 g/mol. The largest absolute Gasteiger partial charge is 0.388 e. The van der Waals surface area contributed by atoms with Crippen molar-refractivity contribution in [3.05, 3.63) is 34.9 Å². The van der Waals surface area contributed by atoms with Crippen LogP contribution in [0, 0.1) is 5.92 Å². The Hall–Kier alpha value is -0.570. The number of aliphatic hydroxyl groups is 1. The van der Waals surface area contributed by atoms with Gasteiger partial charge < -0.3 is 10.8 Å². The lowest BCUT2D eigenvalue weighted by molar-refractivity contribution is 0.110. The first-order valence-electron chi connectivity index (χ1n) is 4.82. The molecule has 0 aliphatic carbocycles. The molecule has 0 aliphatic rings. The fourth-order valence-corrected chi connectivity index (χ4v) is 1.68. The van der Waals surface area contributed by atoms with Gasteiger partial charge in [0, 0.05) is 10.9 Å². The first kappa shape index (κ1) is 11.5. The highest BCUT2D eigenvalue weighted by atomic mass is 35.5. The molecule has 0 fully saturated rings. The highest BCUT2D eigenvalue weighted by molar-refractivity contribution is 6.30. The Morgan fingerprint density at radius 3 is 2.71 bits per heavy atom. The van der Waals surface area contributed by atoms with Gasteiger partial charge in [-0.05, 0) is 30.7 Å². The number of nitrogens with two attached hydrogens (primary N) is 1. The topological polar surface area (TPSA) is 46.2 Å². The molecule has 2 unspecified atom stereocenters. The summed E-state index contributed by atoms with van der Waals surface area (Å²) in [5, 5.41) is 10.6. The molecule has 3 N–H and O–H groups in total. The molecule has 1 rings (SSSR count). The van der Waals surface area contributed by atoms with E-state index in [4.69, 9.17) is 17.3 Å². The van der Waals surface area contributed by atoms with Crippen LogP contribution in [0.4, 0.5) is 0 Å². The van der Waals surface area contributed by atoms with Crippen LogP contribution in [0.15, 0.2) is 24.3 Å². The number of benzene rings is 1. The van der Waals surface area contributed by atoms with Crippen molar-refractivity contribution in [2.24, 2.45) is 11.7 Å². The maximum atomic E-state index is 9.97. The van der Waals surface area contributed by atoms with Crippen molar-refractivity contribution in [2.45, 2.75) is 19.4 Å². The molecule has 0 heterocycles. The lowest BCUT2D eigenvalue weighted by Crippen LogP contribution is -2.21. The number of rotatable bonds is 4. The minimum absolute atomic E-state index is 0.105. The minimum Gasteiger partial charge on any atom is -0.388 e. The summed E-state index contributed by atoms with van der Waals surface area (Å²) in [6.45, 7) is 2.51. The average Bonchev–Trinajstić information content (AvgIpc) is 2.19. The highest BCUT2D eigenvalue weighted by Crippen LogP contribution is 2.25. The van der Waals surface area contributed by atoms with E-state index in [9.17, 15) is 5.11 Å². The Kier molecular flexibility index (Phi) is 4.39. The molecule has 2 atom stereocenters. The summed E-state index contributed by atoms with van der Waals surface area (Å²) < 4.78 is 0. The molecule has 0 saturated heterocycles. The fraction of sp³-hybridized carbons (Fsp3) is 0.455. The van der Waals surface area contributed by atoms with Crippen LogP contribution in [0.1, 0.15) is 25.0 Å². The Bertz CT molecular complexity index is 286. The lowest BCUT2D eigenvalue weighted by Gasteiger charge is -2.20. The standard InChI is InChI=1S/C11H16ClNO/c1-2-8(7-13)11(14)9-4-3-5-10(12)6-9/h3-6,8,11,14H,2,7,13H2,1H3. The van der Waals surface area contributed by atoms with Crippen molar-refractivity contribution in [1.82, 2.24) is 0 Å². The van der Waals surface area contributed by atoms with E-state index in [0.29, 0.717) is 11.6 Å². The maximum Gasteiger partial charge on any atom is 0.0830 e. The van der Waals surface area contributed by atoms with Gasteiger partial charge in [0.2, 0.25) is 0 Å². The average molecular weight is 214 g/mol. The van der Waals surface area contributed by atoms with Crippen LogP contribution in [0.25, 0.3) is 0 Å². The van der Waals surface area contributed by atoms with Gasteiger partial charge in [-0.15, -0.1) is 0 Å². The van der Waals surface area contributed by atoms with Gasteiger partial charge in [-0.3, -0.25) is 0 Å². The molecule has 0 radical (unpaired) electrons. The van der Waals surface area contributed by atoms with E-state index in [1.165, 1.54) is 0 Å². The van der Waals surface area contributed by atoms with Crippen molar-refractivity contribution in [3.8, 4) is 0 Å². The van der Waals surface area contributed by atoms with E-state index in [1.807, 2.05) is 19.1 Å². The van der Waals surface area contributed by atoms with E-state index < -0.39 is 6.10 Å². The zero-order valence-electron chi connectivity index (χ0n) is 8.28.